The maximum atomic E-state index is 9.45. The van der Waals surface area contributed by atoms with E-state index in [1.54, 1.807) is 0 Å². The van der Waals surface area contributed by atoms with Crippen LogP contribution in [0.5, 0.6) is 0 Å². The summed E-state index contributed by atoms with van der Waals surface area (Å²) in [5, 5.41) is 13.9. The minimum absolute atomic E-state index is 0.370. The molecular formula is C15H16N6. The number of imidazole rings is 1. The number of hydrogen-bond donors (Lipinski definition) is 1. The third kappa shape index (κ3) is 1.78. The molecule has 0 spiro atoms. The standard InChI is InChI=1S/C15H16N6/c1-4-20-14-13(10(3)19-20)18-15(17)21(14)12-7-5-6-9(2)11(12)8-16/h5-7H,4H2,1-3H3,(H2,17,18). The lowest BCUT2D eigenvalue weighted by molar-refractivity contribution is 0.663. The van der Waals surface area contributed by atoms with E-state index in [2.05, 4.69) is 16.2 Å². The summed E-state index contributed by atoms with van der Waals surface area (Å²) in [6.07, 6.45) is 0. The molecule has 0 aliphatic carbocycles. The molecule has 1 aromatic carbocycles. The second-order valence-electron chi connectivity index (χ2n) is 4.96. The van der Waals surface area contributed by atoms with Crippen molar-refractivity contribution in [3.63, 3.8) is 0 Å². The van der Waals surface area contributed by atoms with E-state index in [1.807, 2.05) is 48.2 Å². The first kappa shape index (κ1) is 13.2. The molecule has 0 radical (unpaired) electrons. The largest absolute Gasteiger partial charge is 0.369 e. The second-order valence-corrected chi connectivity index (χ2v) is 4.96. The Morgan fingerprint density at radius 1 is 1.33 bits per heavy atom. The van der Waals surface area contributed by atoms with Crippen LogP contribution in [0.1, 0.15) is 23.7 Å². The molecule has 2 aromatic heterocycles. The maximum absolute atomic E-state index is 9.45. The van der Waals surface area contributed by atoms with Crippen LogP contribution in [-0.2, 0) is 6.54 Å². The van der Waals surface area contributed by atoms with E-state index in [9.17, 15) is 5.26 Å². The van der Waals surface area contributed by atoms with Gasteiger partial charge in [0.25, 0.3) is 0 Å². The number of hydrogen-bond acceptors (Lipinski definition) is 4. The smallest absolute Gasteiger partial charge is 0.207 e. The average molecular weight is 280 g/mol. The van der Waals surface area contributed by atoms with E-state index in [0.29, 0.717) is 18.1 Å². The van der Waals surface area contributed by atoms with Gasteiger partial charge in [0.15, 0.2) is 5.65 Å². The van der Waals surface area contributed by atoms with E-state index in [0.717, 1.165) is 28.1 Å². The number of nitrogens with two attached hydrogens (primary N) is 1. The first-order valence-corrected chi connectivity index (χ1v) is 6.79. The van der Waals surface area contributed by atoms with Crippen molar-refractivity contribution in [1.82, 2.24) is 19.3 Å². The first-order valence-electron chi connectivity index (χ1n) is 6.79. The summed E-state index contributed by atoms with van der Waals surface area (Å²) in [6, 6.07) is 7.96. The van der Waals surface area contributed by atoms with Gasteiger partial charge in [0.2, 0.25) is 5.95 Å². The van der Waals surface area contributed by atoms with E-state index in [1.165, 1.54) is 0 Å². The van der Waals surface area contributed by atoms with Crippen LogP contribution in [-0.4, -0.2) is 19.3 Å². The number of aromatic nitrogens is 4. The summed E-state index contributed by atoms with van der Waals surface area (Å²) in [5.41, 5.74) is 10.8. The van der Waals surface area contributed by atoms with Gasteiger partial charge in [0, 0.05) is 6.54 Å². The molecule has 2 N–H and O–H groups in total. The van der Waals surface area contributed by atoms with Crippen molar-refractivity contribution in [1.29, 1.82) is 5.26 Å². The fourth-order valence-corrected chi connectivity index (χ4v) is 2.63. The molecule has 6 heteroatoms. The van der Waals surface area contributed by atoms with E-state index in [4.69, 9.17) is 5.73 Å². The van der Waals surface area contributed by atoms with Crippen LogP contribution in [0.25, 0.3) is 16.9 Å². The van der Waals surface area contributed by atoms with Gasteiger partial charge in [-0.25, -0.2) is 9.67 Å². The molecule has 3 aromatic rings. The Kier molecular flexibility index (Phi) is 2.91. The molecular weight excluding hydrogens is 264 g/mol. The molecule has 21 heavy (non-hydrogen) atoms. The average Bonchev–Trinajstić information content (AvgIpc) is 2.95. The lowest BCUT2D eigenvalue weighted by atomic mass is 10.1. The highest BCUT2D eigenvalue weighted by atomic mass is 15.4. The zero-order chi connectivity index (χ0) is 15.1. The van der Waals surface area contributed by atoms with Gasteiger partial charge in [0.1, 0.15) is 11.6 Å². The van der Waals surface area contributed by atoms with Crippen molar-refractivity contribution in [3.05, 3.63) is 35.0 Å². The third-order valence-corrected chi connectivity index (χ3v) is 3.64. The molecule has 0 aliphatic rings. The molecule has 0 bridgehead atoms. The highest BCUT2D eigenvalue weighted by Crippen LogP contribution is 2.28. The van der Waals surface area contributed by atoms with Crippen LogP contribution in [0.3, 0.4) is 0 Å². The lowest BCUT2D eigenvalue weighted by Crippen LogP contribution is -2.08. The molecule has 0 amide bonds. The van der Waals surface area contributed by atoms with Crippen LogP contribution in [0.15, 0.2) is 18.2 Å². The summed E-state index contributed by atoms with van der Waals surface area (Å²) < 4.78 is 3.67. The Bertz CT molecular complexity index is 878. The number of nitrogens with zero attached hydrogens (tertiary/aromatic N) is 5. The minimum Gasteiger partial charge on any atom is -0.369 e. The van der Waals surface area contributed by atoms with Gasteiger partial charge in [-0.05, 0) is 32.4 Å². The maximum Gasteiger partial charge on any atom is 0.207 e. The van der Waals surface area contributed by atoms with Crippen molar-refractivity contribution in [3.8, 4) is 11.8 Å². The van der Waals surface area contributed by atoms with Gasteiger partial charge < -0.3 is 5.73 Å². The molecule has 0 atom stereocenters. The molecule has 106 valence electrons. The number of anilines is 1. The summed E-state index contributed by atoms with van der Waals surface area (Å²) in [4.78, 5) is 4.41. The van der Waals surface area contributed by atoms with Crippen molar-refractivity contribution < 1.29 is 0 Å². The molecule has 0 saturated carbocycles. The summed E-state index contributed by atoms with van der Waals surface area (Å²) in [5.74, 6) is 0.370. The SMILES string of the molecule is CCn1nc(C)c2nc(N)n(-c3cccc(C)c3C#N)c21. The van der Waals surface area contributed by atoms with Crippen molar-refractivity contribution in [2.75, 3.05) is 5.73 Å². The van der Waals surface area contributed by atoms with Gasteiger partial charge in [-0.2, -0.15) is 10.4 Å². The molecule has 6 nitrogen and oxygen atoms in total. The zero-order valence-electron chi connectivity index (χ0n) is 12.3. The number of rotatable bonds is 2. The van der Waals surface area contributed by atoms with Gasteiger partial charge in [-0.3, -0.25) is 4.57 Å². The highest BCUT2D eigenvalue weighted by molar-refractivity contribution is 5.81. The van der Waals surface area contributed by atoms with Gasteiger partial charge >= 0.3 is 0 Å². The molecule has 0 fully saturated rings. The van der Waals surface area contributed by atoms with Crippen LogP contribution < -0.4 is 5.73 Å². The molecule has 0 saturated heterocycles. The highest BCUT2D eigenvalue weighted by Gasteiger charge is 2.20. The van der Waals surface area contributed by atoms with Gasteiger partial charge in [-0.15, -0.1) is 0 Å². The third-order valence-electron chi connectivity index (χ3n) is 3.64. The summed E-state index contributed by atoms with van der Waals surface area (Å²) in [6.45, 7) is 6.55. The number of aryl methyl sites for hydroxylation is 3. The van der Waals surface area contributed by atoms with Gasteiger partial charge in [0.05, 0.1) is 16.9 Å². The Morgan fingerprint density at radius 2 is 2.10 bits per heavy atom. The van der Waals surface area contributed by atoms with Crippen molar-refractivity contribution >= 4 is 17.1 Å². The fraction of sp³-hybridized carbons (Fsp3) is 0.267. The van der Waals surface area contributed by atoms with Crippen LogP contribution >= 0.6 is 0 Å². The number of nitriles is 1. The predicted octanol–water partition coefficient (Wildman–Crippen LogP) is 2.31. The van der Waals surface area contributed by atoms with E-state index in [-0.39, 0.29) is 0 Å². The van der Waals surface area contributed by atoms with Gasteiger partial charge in [-0.1, -0.05) is 12.1 Å². The zero-order valence-corrected chi connectivity index (χ0v) is 12.3. The Morgan fingerprint density at radius 3 is 2.76 bits per heavy atom. The summed E-state index contributed by atoms with van der Waals surface area (Å²) in [7, 11) is 0. The number of nitrogen functional groups attached to an aromatic ring is 1. The van der Waals surface area contributed by atoms with E-state index >= 15 is 0 Å². The monoisotopic (exact) mass is 280 g/mol. The topological polar surface area (TPSA) is 85.5 Å². The first-order chi connectivity index (χ1) is 10.1. The van der Waals surface area contributed by atoms with E-state index < -0.39 is 0 Å². The van der Waals surface area contributed by atoms with Crippen molar-refractivity contribution in [2.24, 2.45) is 0 Å². The number of fused-ring (bicyclic) bond motifs is 1. The molecule has 0 unspecified atom stereocenters. The normalized spacial score (nSPS) is 11.0. The molecule has 0 aliphatic heterocycles. The summed E-state index contributed by atoms with van der Waals surface area (Å²) >= 11 is 0. The Hall–Kier alpha value is -2.81. The van der Waals surface area contributed by atoms with Crippen LogP contribution in [0.2, 0.25) is 0 Å². The minimum atomic E-state index is 0.370. The van der Waals surface area contributed by atoms with Crippen LogP contribution in [0.4, 0.5) is 5.95 Å². The van der Waals surface area contributed by atoms with Crippen molar-refractivity contribution in [2.45, 2.75) is 27.3 Å². The Labute approximate surface area is 122 Å². The second kappa shape index (κ2) is 4.63. The number of benzene rings is 1. The fourth-order valence-electron chi connectivity index (χ4n) is 2.63. The Balaban J connectivity index is 2.44. The quantitative estimate of drug-likeness (QED) is 0.780. The molecule has 3 rings (SSSR count). The molecule has 2 heterocycles. The predicted molar refractivity (Wildman–Crippen MR) is 81.1 cm³/mol. The van der Waals surface area contributed by atoms with Crippen LogP contribution in [0, 0.1) is 25.2 Å². The lowest BCUT2D eigenvalue weighted by Gasteiger charge is -2.11.